The van der Waals surface area contributed by atoms with Crippen molar-refractivity contribution in [2.45, 2.75) is 0 Å². The zero-order valence-corrected chi connectivity index (χ0v) is 12.5. The molecule has 1 aliphatic heterocycles. The summed E-state index contributed by atoms with van der Waals surface area (Å²) in [4.78, 5) is 19.0. The van der Waals surface area contributed by atoms with Crippen LogP contribution in [-0.4, -0.2) is 44.8 Å². The maximum Gasteiger partial charge on any atom is 0.246 e. The van der Waals surface area contributed by atoms with E-state index in [0.717, 1.165) is 35.3 Å². The minimum atomic E-state index is 0.0431. The summed E-state index contributed by atoms with van der Waals surface area (Å²) in [5.74, 6) is 2.07. The molecule has 2 aromatic heterocycles. The molecule has 0 atom stereocenters. The van der Waals surface area contributed by atoms with E-state index >= 15 is 0 Å². The Morgan fingerprint density at radius 3 is 3.00 bits per heavy atom. The van der Waals surface area contributed by atoms with E-state index in [-0.39, 0.29) is 5.91 Å². The van der Waals surface area contributed by atoms with Crippen LogP contribution in [0.5, 0.6) is 0 Å². The summed E-state index contributed by atoms with van der Waals surface area (Å²) in [6.07, 6.45) is 5.24. The topological polar surface area (TPSA) is 37.6 Å². The minimum absolute atomic E-state index is 0.0431. The van der Waals surface area contributed by atoms with E-state index in [9.17, 15) is 4.79 Å². The predicted molar refractivity (Wildman–Crippen MR) is 81.0 cm³/mol. The summed E-state index contributed by atoms with van der Waals surface area (Å²) < 4.78 is 1.89. The first-order chi connectivity index (χ1) is 9.25. The van der Waals surface area contributed by atoms with Crippen LogP contribution in [0.25, 0.3) is 11.0 Å². The van der Waals surface area contributed by atoms with E-state index in [1.54, 1.807) is 12.2 Å². The van der Waals surface area contributed by atoms with Crippen LogP contribution in [0.15, 0.2) is 17.7 Å². The van der Waals surface area contributed by atoms with Crippen molar-refractivity contribution in [2.75, 3.05) is 24.6 Å². The monoisotopic (exact) mass is 313 g/mol. The molecule has 2 aromatic rings. The number of rotatable bonds is 2. The average Bonchev–Trinajstić information content (AvgIpc) is 2.98. The van der Waals surface area contributed by atoms with Crippen LogP contribution in [0, 0.1) is 0 Å². The molecule has 100 valence electrons. The Morgan fingerprint density at radius 2 is 2.21 bits per heavy atom. The third-order valence-electron chi connectivity index (χ3n) is 2.96. The highest BCUT2D eigenvalue weighted by Gasteiger charge is 2.15. The van der Waals surface area contributed by atoms with Gasteiger partial charge in [0.15, 0.2) is 10.1 Å². The van der Waals surface area contributed by atoms with Crippen molar-refractivity contribution in [3.63, 3.8) is 0 Å². The number of thiazole rings is 1. The van der Waals surface area contributed by atoms with Crippen LogP contribution in [0.3, 0.4) is 0 Å². The van der Waals surface area contributed by atoms with Crippen molar-refractivity contribution in [1.82, 2.24) is 14.3 Å². The predicted octanol–water partition coefficient (Wildman–Crippen LogP) is 2.64. The van der Waals surface area contributed by atoms with Gasteiger partial charge in [-0.05, 0) is 6.08 Å². The number of amides is 1. The summed E-state index contributed by atoms with van der Waals surface area (Å²) in [5.41, 5.74) is 0.762. The molecule has 1 amide bonds. The van der Waals surface area contributed by atoms with Gasteiger partial charge in [-0.1, -0.05) is 11.6 Å². The van der Waals surface area contributed by atoms with Gasteiger partial charge < -0.3 is 4.90 Å². The van der Waals surface area contributed by atoms with Gasteiger partial charge in [0.1, 0.15) is 0 Å². The standard InChI is InChI=1S/C12H12ClN3OS2/c13-11-9(16-5-8-19-12(16)14-11)1-2-10(17)15-3-6-18-7-4-15/h1-2,5,8H,3-4,6-7H2. The molecule has 0 N–H and O–H groups in total. The average molecular weight is 314 g/mol. The van der Waals surface area contributed by atoms with Gasteiger partial charge >= 0.3 is 0 Å². The fourth-order valence-corrected chi connectivity index (χ4v) is 3.87. The van der Waals surface area contributed by atoms with Crippen LogP contribution >= 0.6 is 34.7 Å². The molecule has 0 saturated carbocycles. The maximum absolute atomic E-state index is 12.0. The minimum Gasteiger partial charge on any atom is -0.338 e. The molecule has 0 radical (unpaired) electrons. The summed E-state index contributed by atoms with van der Waals surface area (Å²) in [6, 6.07) is 0. The van der Waals surface area contributed by atoms with Gasteiger partial charge in [0.2, 0.25) is 5.91 Å². The summed E-state index contributed by atoms with van der Waals surface area (Å²) >= 11 is 9.48. The molecule has 0 aliphatic carbocycles. The van der Waals surface area contributed by atoms with Gasteiger partial charge in [-0.3, -0.25) is 9.20 Å². The van der Waals surface area contributed by atoms with Crippen molar-refractivity contribution in [3.8, 4) is 0 Å². The fraction of sp³-hybridized carbons (Fsp3) is 0.333. The third-order valence-corrected chi connectivity index (χ3v) is 4.94. The highest BCUT2D eigenvalue weighted by atomic mass is 35.5. The number of aromatic nitrogens is 2. The first-order valence-electron chi connectivity index (χ1n) is 5.91. The number of nitrogens with zero attached hydrogens (tertiary/aromatic N) is 3. The van der Waals surface area contributed by atoms with E-state index in [0.29, 0.717) is 5.15 Å². The normalized spacial score (nSPS) is 16.6. The van der Waals surface area contributed by atoms with Crippen molar-refractivity contribution in [2.24, 2.45) is 0 Å². The Kier molecular flexibility index (Phi) is 3.81. The first-order valence-corrected chi connectivity index (χ1v) is 8.33. The largest absolute Gasteiger partial charge is 0.338 e. The van der Waals surface area contributed by atoms with Gasteiger partial charge in [0.25, 0.3) is 0 Å². The van der Waals surface area contributed by atoms with E-state index in [4.69, 9.17) is 11.6 Å². The SMILES string of the molecule is O=C(C=Cc1c(Cl)nc2sccn12)N1CCSCC1. The van der Waals surface area contributed by atoms with Crippen molar-refractivity contribution in [3.05, 3.63) is 28.5 Å². The number of hydrogen-bond acceptors (Lipinski definition) is 4. The van der Waals surface area contributed by atoms with Gasteiger partial charge in [-0.2, -0.15) is 11.8 Å². The molecule has 1 fully saturated rings. The lowest BCUT2D eigenvalue weighted by atomic mass is 10.3. The van der Waals surface area contributed by atoms with E-state index in [2.05, 4.69) is 4.98 Å². The van der Waals surface area contributed by atoms with Crippen LogP contribution in [0.4, 0.5) is 0 Å². The lowest BCUT2D eigenvalue weighted by Gasteiger charge is -2.25. The maximum atomic E-state index is 12.0. The number of carbonyl (C=O) groups excluding carboxylic acids is 1. The van der Waals surface area contributed by atoms with Crippen molar-refractivity contribution >= 4 is 51.6 Å². The van der Waals surface area contributed by atoms with Gasteiger partial charge in [-0.25, -0.2) is 4.98 Å². The summed E-state index contributed by atoms with van der Waals surface area (Å²) in [5, 5.41) is 2.38. The van der Waals surface area contributed by atoms with Gasteiger partial charge in [-0.15, -0.1) is 11.3 Å². The van der Waals surface area contributed by atoms with Crippen LogP contribution in [-0.2, 0) is 4.79 Å². The second kappa shape index (κ2) is 5.56. The van der Waals surface area contributed by atoms with Crippen molar-refractivity contribution in [1.29, 1.82) is 0 Å². The number of fused-ring (bicyclic) bond motifs is 1. The Morgan fingerprint density at radius 1 is 1.42 bits per heavy atom. The lowest BCUT2D eigenvalue weighted by molar-refractivity contribution is -0.125. The van der Waals surface area contributed by atoms with Gasteiger partial charge in [0.05, 0.1) is 5.69 Å². The fourth-order valence-electron chi connectivity index (χ4n) is 1.97. The second-order valence-corrected chi connectivity index (χ2v) is 6.57. The molecule has 4 nitrogen and oxygen atoms in total. The lowest BCUT2D eigenvalue weighted by Crippen LogP contribution is -2.36. The van der Waals surface area contributed by atoms with Crippen LogP contribution < -0.4 is 0 Å². The number of hydrogen-bond donors (Lipinski definition) is 0. The summed E-state index contributed by atoms with van der Waals surface area (Å²) in [7, 11) is 0. The number of halogens is 1. The molecule has 1 aliphatic rings. The zero-order chi connectivity index (χ0) is 13.2. The molecule has 0 unspecified atom stereocenters. The molecule has 19 heavy (non-hydrogen) atoms. The third kappa shape index (κ3) is 2.66. The van der Waals surface area contributed by atoms with E-state index in [1.807, 2.05) is 32.6 Å². The number of carbonyl (C=O) groups is 1. The molecule has 3 heterocycles. The number of thioether (sulfide) groups is 1. The Hall–Kier alpha value is -0.980. The zero-order valence-electron chi connectivity index (χ0n) is 10.1. The Labute approximate surface area is 124 Å². The highest BCUT2D eigenvalue weighted by molar-refractivity contribution is 7.99. The van der Waals surface area contributed by atoms with Crippen molar-refractivity contribution < 1.29 is 4.79 Å². The molecular formula is C12H12ClN3OS2. The molecule has 0 bridgehead atoms. The molecule has 1 saturated heterocycles. The van der Waals surface area contributed by atoms with Gasteiger partial charge in [0, 0.05) is 42.2 Å². The molecular weight excluding hydrogens is 302 g/mol. The van der Waals surface area contributed by atoms with E-state index < -0.39 is 0 Å². The Balaban J connectivity index is 1.79. The first kappa shape index (κ1) is 13.0. The summed E-state index contributed by atoms with van der Waals surface area (Å²) in [6.45, 7) is 1.64. The Bertz CT molecular complexity index is 628. The van der Waals surface area contributed by atoms with Crippen LogP contribution in [0.2, 0.25) is 5.15 Å². The second-order valence-electron chi connectivity index (χ2n) is 4.11. The molecule has 0 spiro atoms. The molecule has 7 heteroatoms. The molecule has 0 aromatic carbocycles. The number of imidazole rings is 1. The highest BCUT2D eigenvalue weighted by Crippen LogP contribution is 2.22. The molecule has 3 rings (SSSR count). The van der Waals surface area contributed by atoms with E-state index in [1.165, 1.54) is 11.3 Å². The smallest absolute Gasteiger partial charge is 0.246 e. The quantitative estimate of drug-likeness (QED) is 0.800. The van der Waals surface area contributed by atoms with Crippen LogP contribution in [0.1, 0.15) is 5.69 Å².